The molecule has 4 aliphatic rings. The molecule has 4 aliphatic carbocycles. The summed E-state index contributed by atoms with van der Waals surface area (Å²) in [5.41, 5.74) is 5.32. The highest BCUT2D eigenvalue weighted by molar-refractivity contribution is 5.20. The van der Waals surface area contributed by atoms with Crippen molar-refractivity contribution in [2.45, 2.75) is 80.1 Å². The molecule has 4 fully saturated rings. The normalized spacial score (nSPS) is 26.1. The quantitative estimate of drug-likeness (QED) is 0.431. The van der Waals surface area contributed by atoms with Crippen molar-refractivity contribution in [1.29, 1.82) is 0 Å². The maximum atomic E-state index is 2.12. The smallest absolute Gasteiger partial charge is 0.0398 e. The molecule has 6 rings (SSSR count). The zero-order valence-electron chi connectivity index (χ0n) is 19.2. The minimum absolute atomic E-state index is 1.18. The van der Waals surface area contributed by atoms with Crippen molar-refractivity contribution >= 4 is 0 Å². The summed E-state index contributed by atoms with van der Waals surface area (Å²) in [5.74, 6) is 4.71. The molecule has 28 heavy (non-hydrogen) atoms. The Labute approximate surface area is 174 Å². The molecule has 0 saturated heterocycles. The van der Waals surface area contributed by atoms with Crippen LogP contribution in [-0.2, 0) is 0 Å². The van der Waals surface area contributed by atoms with E-state index in [0.717, 1.165) is 0 Å². The maximum Gasteiger partial charge on any atom is -0.0398 e. The average molecular weight is 379 g/mol. The number of aryl methyl sites for hydroxylation is 4. The van der Waals surface area contributed by atoms with Gasteiger partial charge >= 0.3 is 0 Å². The van der Waals surface area contributed by atoms with E-state index in [0.29, 0.717) is 0 Å². The number of rotatable bonds is 0. The summed E-state index contributed by atoms with van der Waals surface area (Å²) < 4.78 is 0. The third-order valence-electron chi connectivity index (χ3n) is 6.44. The Morgan fingerprint density at radius 1 is 0.393 bits per heavy atom. The summed E-state index contributed by atoms with van der Waals surface area (Å²) in [5, 5.41) is 0. The van der Waals surface area contributed by atoms with Crippen LogP contribution in [0.25, 0.3) is 0 Å². The van der Waals surface area contributed by atoms with E-state index in [1.807, 2.05) is 13.8 Å². The molecule has 4 bridgehead atoms. The second-order valence-electron chi connectivity index (χ2n) is 9.19. The largest absolute Gasteiger partial charge is 0.0683 e. The van der Waals surface area contributed by atoms with Gasteiger partial charge in [-0.15, -0.1) is 0 Å². The van der Waals surface area contributed by atoms with E-state index in [4.69, 9.17) is 0 Å². The third kappa shape index (κ3) is 7.46. The fraction of sp³-hybridized carbons (Fsp3) is 0.571. The first-order valence-electron chi connectivity index (χ1n) is 11.5. The van der Waals surface area contributed by atoms with Crippen LogP contribution in [0.1, 0.15) is 74.6 Å². The Kier molecular flexibility index (Phi) is 9.29. The lowest BCUT2D eigenvalue weighted by atomic mass is 9.56. The van der Waals surface area contributed by atoms with E-state index in [9.17, 15) is 0 Å². The Morgan fingerprint density at radius 2 is 0.536 bits per heavy atom. The minimum Gasteiger partial charge on any atom is -0.0683 e. The van der Waals surface area contributed by atoms with Crippen molar-refractivity contribution in [3.8, 4) is 0 Å². The molecule has 0 N–H and O–H groups in total. The zero-order chi connectivity index (χ0) is 20.5. The summed E-state index contributed by atoms with van der Waals surface area (Å²) in [4.78, 5) is 0. The molecule has 2 aromatic carbocycles. The van der Waals surface area contributed by atoms with E-state index >= 15 is 0 Å². The van der Waals surface area contributed by atoms with Crippen LogP contribution in [0.4, 0.5) is 0 Å². The molecule has 0 heteroatoms. The predicted octanol–water partition coefficient (Wildman–Crippen LogP) is 8.47. The van der Waals surface area contributed by atoms with E-state index in [1.54, 1.807) is 38.5 Å². The molecule has 154 valence electrons. The topological polar surface area (TPSA) is 0 Å². The van der Waals surface area contributed by atoms with Crippen LogP contribution in [0.5, 0.6) is 0 Å². The zero-order valence-corrected chi connectivity index (χ0v) is 19.2. The van der Waals surface area contributed by atoms with Gasteiger partial charge in [0, 0.05) is 0 Å². The number of benzene rings is 2. The Bertz CT molecular complexity index is 520. The molecular weight excluding hydrogens is 336 g/mol. The van der Waals surface area contributed by atoms with Crippen molar-refractivity contribution in [2.75, 3.05) is 0 Å². The summed E-state index contributed by atoms with van der Waals surface area (Å²) in [6.45, 7) is 12.4. The van der Waals surface area contributed by atoms with Gasteiger partial charge < -0.3 is 0 Å². The average Bonchev–Trinajstić information content (AvgIpc) is 2.68. The predicted molar refractivity (Wildman–Crippen MR) is 125 cm³/mol. The Balaban J connectivity index is 0.000000145. The van der Waals surface area contributed by atoms with Crippen molar-refractivity contribution in [3.63, 3.8) is 0 Å². The fourth-order valence-electron chi connectivity index (χ4n) is 5.26. The van der Waals surface area contributed by atoms with Crippen LogP contribution in [0.2, 0.25) is 0 Å². The van der Waals surface area contributed by atoms with Crippen molar-refractivity contribution in [3.05, 3.63) is 70.8 Å². The summed E-state index contributed by atoms with van der Waals surface area (Å²) in [6, 6.07) is 17.0. The first kappa shape index (κ1) is 22.7. The molecular formula is C28H42. The van der Waals surface area contributed by atoms with Crippen LogP contribution >= 0.6 is 0 Å². The summed E-state index contributed by atoms with van der Waals surface area (Å²) >= 11 is 0. The van der Waals surface area contributed by atoms with Crippen LogP contribution < -0.4 is 0 Å². The van der Waals surface area contributed by atoms with E-state index in [2.05, 4.69) is 76.2 Å². The molecule has 0 unspecified atom stereocenters. The minimum atomic E-state index is 1.18. The van der Waals surface area contributed by atoms with Crippen molar-refractivity contribution in [2.24, 2.45) is 23.7 Å². The van der Waals surface area contributed by atoms with Gasteiger partial charge in [-0.25, -0.2) is 0 Å². The van der Waals surface area contributed by atoms with Gasteiger partial charge in [-0.3, -0.25) is 0 Å². The van der Waals surface area contributed by atoms with Crippen LogP contribution in [0, 0.1) is 51.4 Å². The summed E-state index contributed by atoms with van der Waals surface area (Å²) in [7, 11) is 0. The standard InChI is InChI=1S/C10H16.2C8H10.C2H6/c1-7-2-9-4-8(1)5-10(3-7)6-9;2*1-7-3-5-8(2)6-4-7;1-2/h7-10H,1-6H2;2*3-6H,1-2H3;1-2H3. The molecule has 0 aliphatic heterocycles. The van der Waals surface area contributed by atoms with Crippen molar-refractivity contribution < 1.29 is 0 Å². The summed E-state index contributed by atoms with van der Waals surface area (Å²) in [6.07, 6.45) is 9.62. The second-order valence-corrected chi connectivity index (χ2v) is 9.19. The number of hydrogen-bond acceptors (Lipinski definition) is 0. The first-order valence-corrected chi connectivity index (χ1v) is 11.5. The molecule has 0 atom stereocenters. The number of hydrogen-bond donors (Lipinski definition) is 0. The van der Waals surface area contributed by atoms with Crippen LogP contribution in [0.15, 0.2) is 48.5 Å². The maximum absolute atomic E-state index is 2.12. The van der Waals surface area contributed by atoms with Crippen molar-refractivity contribution in [1.82, 2.24) is 0 Å². The lowest BCUT2D eigenvalue weighted by Crippen LogP contribution is -2.38. The SMILES string of the molecule is C1C2CC3CC1CC(C2)C3.CC.Cc1ccc(C)cc1.Cc1ccc(C)cc1. The van der Waals surface area contributed by atoms with Gasteiger partial charge in [0.25, 0.3) is 0 Å². The van der Waals surface area contributed by atoms with E-state index in [-0.39, 0.29) is 0 Å². The molecule has 2 aromatic rings. The van der Waals surface area contributed by atoms with Gasteiger partial charge in [0.15, 0.2) is 0 Å². The molecule has 0 radical (unpaired) electrons. The monoisotopic (exact) mass is 378 g/mol. The van der Waals surface area contributed by atoms with Crippen LogP contribution in [-0.4, -0.2) is 0 Å². The molecule has 0 nitrogen and oxygen atoms in total. The molecule has 0 heterocycles. The second kappa shape index (κ2) is 11.4. The fourth-order valence-corrected chi connectivity index (χ4v) is 5.26. The van der Waals surface area contributed by atoms with Gasteiger partial charge in [-0.2, -0.15) is 0 Å². The van der Waals surface area contributed by atoms with Gasteiger partial charge in [0.1, 0.15) is 0 Å². The van der Waals surface area contributed by atoms with E-state index in [1.165, 1.54) is 45.9 Å². The van der Waals surface area contributed by atoms with Gasteiger partial charge in [-0.1, -0.05) is 84.6 Å². The van der Waals surface area contributed by atoms with Gasteiger partial charge in [0.05, 0.1) is 0 Å². The Hall–Kier alpha value is -1.56. The van der Waals surface area contributed by atoms with Gasteiger partial charge in [0.2, 0.25) is 0 Å². The molecule has 0 spiro atoms. The van der Waals surface area contributed by atoms with Gasteiger partial charge in [-0.05, 0) is 89.9 Å². The first-order chi connectivity index (χ1) is 13.5. The highest BCUT2D eigenvalue weighted by Gasteiger charge is 2.41. The Morgan fingerprint density at radius 3 is 0.679 bits per heavy atom. The highest BCUT2D eigenvalue weighted by atomic mass is 14.5. The lowest BCUT2D eigenvalue weighted by molar-refractivity contribution is 0.0198. The third-order valence-corrected chi connectivity index (χ3v) is 6.44. The molecule has 0 aromatic heterocycles. The van der Waals surface area contributed by atoms with Crippen LogP contribution in [0.3, 0.4) is 0 Å². The highest BCUT2D eigenvalue weighted by Crippen LogP contribution is 2.53. The molecule has 4 saturated carbocycles. The lowest BCUT2D eigenvalue weighted by Gasteiger charge is -2.49. The van der Waals surface area contributed by atoms with E-state index < -0.39 is 0 Å². The molecule has 0 amide bonds.